The van der Waals surface area contributed by atoms with Crippen LogP contribution in [0.1, 0.15) is 12.8 Å². The van der Waals surface area contributed by atoms with E-state index in [4.69, 9.17) is 0 Å². The third-order valence-electron chi connectivity index (χ3n) is 4.01. The second-order valence-corrected chi connectivity index (χ2v) is 6.32. The number of nitrogens with zero attached hydrogens (tertiary/aromatic N) is 3. The van der Waals surface area contributed by atoms with E-state index in [0.29, 0.717) is 6.67 Å². The molecule has 3 rings (SSSR count). The van der Waals surface area contributed by atoms with Gasteiger partial charge in [-0.05, 0) is 30.4 Å². The molecule has 0 unspecified atom stereocenters. The van der Waals surface area contributed by atoms with Crippen molar-refractivity contribution < 1.29 is 18.3 Å². The predicted octanol–water partition coefficient (Wildman–Crippen LogP) is 2.96. The maximum atomic E-state index is 12.8. The quantitative estimate of drug-likeness (QED) is 0.940. The van der Waals surface area contributed by atoms with Crippen LogP contribution in [0.15, 0.2) is 29.1 Å². The van der Waals surface area contributed by atoms with Crippen molar-refractivity contribution in [2.45, 2.75) is 31.3 Å². The predicted molar refractivity (Wildman–Crippen MR) is 77.4 cm³/mol. The van der Waals surface area contributed by atoms with Crippen LogP contribution in [0, 0.1) is 0 Å². The average Bonchev–Trinajstić information content (AvgIpc) is 3.11. The van der Waals surface area contributed by atoms with Gasteiger partial charge in [0, 0.05) is 30.2 Å². The summed E-state index contributed by atoms with van der Waals surface area (Å²) in [5.41, 5.74) is -0.658. The molecule has 0 amide bonds. The van der Waals surface area contributed by atoms with Crippen molar-refractivity contribution in [2.24, 2.45) is 0 Å². The molecule has 3 heterocycles. The van der Waals surface area contributed by atoms with Crippen LogP contribution in [-0.2, 0) is 6.67 Å². The van der Waals surface area contributed by atoms with Crippen LogP contribution >= 0.6 is 11.3 Å². The highest BCUT2D eigenvalue weighted by Crippen LogP contribution is 2.38. The highest BCUT2D eigenvalue weighted by atomic mass is 32.1. The van der Waals surface area contributed by atoms with Crippen LogP contribution in [-0.4, -0.2) is 44.7 Å². The minimum atomic E-state index is -4.56. The second kappa shape index (κ2) is 5.68. The Labute approximate surface area is 129 Å². The van der Waals surface area contributed by atoms with Gasteiger partial charge in [-0.1, -0.05) is 0 Å². The molecule has 1 saturated heterocycles. The highest BCUT2D eigenvalue weighted by molar-refractivity contribution is 7.08. The molecule has 0 bridgehead atoms. The fourth-order valence-electron chi connectivity index (χ4n) is 2.56. The van der Waals surface area contributed by atoms with Gasteiger partial charge in [-0.3, -0.25) is 9.58 Å². The number of rotatable bonds is 3. The lowest BCUT2D eigenvalue weighted by atomic mass is 9.91. The van der Waals surface area contributed by atoms with Gasteiger partial charge < -0.3 is 5.11 Å². The zero-order valence-electron chi connectivity index (χ0n) is 11.8. The lowest BCUT2D eigenvalue weighted by Crippen LogP contribution is -2.53. The first-order valence-corrected chi connectivity index (χ1v) is 7.89. The van der Waals surface area contributed by atoms with E-state index in [1.54, 1.807) is 16.0 Å². The van der Waals surface area contributed by atoms with Crippen LogP contribution in [0.5, 0.6) is 0 Å². The molecular formula is C14H16F3N3OS. The van der Waals surface area contributed by atoms with E-state index >= 15 is 0 Å². The SMILES string of the molecule is OC1(C(F)(F)F)CCN(Cn2ccc(-c3ccsc3)n2)CC1. The Hall–Kier alpha value is -1.38. The summed E-state index contributed by atoms with van der Waals surface area (Å²) < 4.78 is 40.0. The molecule has 1 N–H and O–H groups in total. The van der Waals surface area contributed by atoms with Crippen molar-refractivity contribution in [3.05, 3.63) is 29.1 Å². The van der Waals surface area contributed by atoms with Crippen LogP contribution in [0.25, 0.3) is 11.3 Å². The number of alkyl halides is 3. The Morgan fingerprint density at radius 2 is 2.00 bits per heavy atom. The molecule has 4 nitrogen and oxygen atoms in total. The molecule has 1 fully saturated rings. The molecule has 2 aromatic heterocycles. The Bertz CT molecular complexity index is 616. The zero-order chi connectivity index (χ0) is 15.8. The van der Waals surface area contributed by atoms with Gasteiger partial charge in [0.2, 0.25) is 0 Å². The van der Waals surface area contributed by atoms with Gasteiger partial charge in [-0.25, -0.2) is 0 Å². The number of piperidine rings is 1. The molecule has 0 spiro atoms. The summed E-state index contributed by atoms with van der Waals surface area (Å²) in [7, 11) is 0. The molecular weight excluding hydrogens is 315 g/mol. The lowest BCUT2D eigenvalue weighted by Gasteiger charge is -2.38. The summed E-state index contributed by atoms with van der Waals surface area (Å²) in [4.78, 5) is 1.87. The van der Waals surface area contributed by atoms with Gasteiger partial charge in [-0.15, -0.1) is 0 Å². The number of likely N-dealkylation sites (tertiary alicyclic amines) is 1. The Kier molecular flexibility index (Phi) is 4.00. The minimum absolute atomic E-state index is 0.198. The molecule has 0 aliphatic carbocycles. The fourth-order valence-corrected chi connectivity index (χ4v) is 3.21. The van der Waals surface area contributed by atoms with Crippen molar-refractivity contribution in [2.75, 3.05) is 13.1 Å². The third kappa shape index (κ3) is 3.04. The molecule has 2 aromatic rings. The van der Waals surface area contributed by atoms with Gasteiger partial charge >= 0.3 is 6.18 Å². The van der Waals surface area contributed by atoms with Gasteiger partial charge in [0.25, 0.3) is 0 Å². The number of hydrogen-bond acceptors (Lipinski definition) is 4. The number of aliphatic hydroxyl groups is 1. The molecule has 8 heteroatoms. The lowest BCUT2D eigenvalue weighted by molar-refractivity contribution is -0.273. The monoisotopic (exact) mass is 331 g/mol. The van der Waals surface area contributed by atoms with E-state index in [-0.39, 0.29) is 25.9 Å². The summed E-state index contributed by atoms with van der Waals surface area (Å²) in [5, 5.41) is 18.0. The molecule has 0 saturated carbocycles. The van der Waals surface area contributed by atoms with Gasteiger partial charge in [0.1, 0.15) is 0 Å². The molecule has 1 aliphatic rings. The Morgan fingerprint density at radius 1 is 1.27 bits per heavy atom. The first-order valence-electron chi connectivity index (χ1n) is 6.95. The van der Waals surface area contributed by atoms with Crippen molar-refractivity contribution in [3.8, 4) is 11.3 Å². The van der Waals surface area contributed by atoms with Crippen LogP contribution in [0.3, 0.4) is 0 Å². The van der Waals surface area contributed by atoms with E-state index in [9.17, 15) is 18.3 Å². The van der Waals surface area contributed by atoms with Crippen LogP contribution < -0.4 is 0 Å². The van der Waals surface area contributed by atoms with E-state index in [1.807, 2.05) is 34.0 Å². The van der Waals surface area contributed by atoms with Crippen molar-refractivity contribution in [3.63, 3.8) is 0 Å². The van der Waals surface area contributed by atoms with Crippen LogP contribution in [0.4, 0.5) is 13.2 Å². The standard InChI is InChI=1S/C14H16F3N3OS/c15-14(16,17)13(21)3-6-19(7-4-13)10-20-5-1-12(18-20)11-2-8-22-9-11/h1-2,5,8-9,21H,3-4,6-7,10H2. The molecule has 0 radical (unpaired) electrons. The van der Waals surface area contributed by atoms with Gasteiger partial charge in [-0.2, -0.15) is 29.6 Å². The van der Waals surface area contributed by atoms with Gasteiger partial charge in [0.05, 0.1) is 12.4 Å². The number of aromatic nitrogens is 2. The van der Waals surface area contributed by atoms with E-state index in [1.165, 1.54) is 0 Å². The van der Waals surface area contributed by atoms with E-state index in [2.05, 4.69) is 5.10 Å². The highest BCUT2D eigenvalue weighted by Gasteiger charge is 2.54. The molecule has 120 valence electrons. The smallest absolute Gasteiger partial charge is 0.380 e. The number of hydrogen-bond donors (Lipinski definition) is 1. The third-order valence-corrected chi connectivity index (χ3v) is 4.70. The van der Waals surface area contributed by atoms with Crippen molar-refractivity contribution in [1.29, 1.82) is 0 Å². The summed E-state index contributed by atoms with van der Waals surface area (Å²) in [6.45, 7) is 0.825. The molecule has 0 atom stereocenters. The molecule has 0 aromatic carbocycles. The van der Waals surface area contributed by atoms with Crippen molar-refractivity contribution in [1.82, 2.24) is 14.7 Å². The molecule has 1 aliphatic heterocycles. The van der Waals surface area contributed by atoms with Crippen LogP contribution in [0.2, 0.25) is 0 Å². The first kappa shape index (κ1) is 15.5. The zero-order valence-corrected chi connectivity index (χ0v) is 12.6. The average molecular weight is 331 g/mol. The minimum Gasteiger partial charge on any atom is -0.380 e. The normalized spacial score (nSPS) is 19.5. The first-order chi connectivity index (χ1) is 10.4. The Balaban J connectivity index is 1.60. The maximum Gasteiger partial charge on any atom is 0.417 e. The number of thiophene rings is 1. The largest absolute Gasteiger partial charge is 0.417 e. The summed E-state index contributed by atoms with van der Waals surface area (Å²) in [6, 6.07) is 3.86. The second-order valence-electron chi connectivity index (χ2n) is 5.54. The van der Waals surface area contributed by atoms with E-state index < -0.39 is 11.8 Å². The van der Waals surface area contributed by atoms with Crippen molar-refractivity contribution >= 4 is 11.3 Å². The summed E-state index contributed by atoms with van der Waals surface area (Å²) in [5.74, 6) is 0. The number of halogens is 3. The fraction of sp³-hybridized carbons (Fsp3) is 0.500. The molecule has 22 heavy (non-hydrogen) atoms. The Morgan fingerprint density at radius 3 is 2.59 bits per heavy atom. The maximum absolute atomic E-state index is 12.8. The topological polar surface area (TPSA) is 41.3 Å². The summed E-state index contributed by atoms with van der Waals surface area (Å²) >= 11 is 1.59. The van der Waals surface area contributed by atoms with E-state index in [0.717, 1.165) is 11.3 Å². The summed E-state index contributed by atoms with van der Waals surface area (Å²) in [6.07, 6.45) is -3.33. The van der Waals surface area contributed by atoms with Gasteiger partial charge in [0.15, 0.2) is 5.60 Å².